The Hall–Kier alpha value is -3.86. The first-order chi connectivity index (χ1) is 14.6. The summed E-state index contributed by atoms with van der Waals surface area (Å²) in [6.45, 7) is 1.95. The zero-order valence-corrected chi connectivity index (χ0v) is 17.4. The Labute approximate surface area is 176 Å². The fourth-order valence-corrected chi connectivity index (χ4v) is 3.16. The van der Waals surface area contributed by atoms with Crippen LogP contribution in [0.25, 0.3) is 11.0 Å². The standard InChI is InChI=1S/C25H24N4O/c1-19(27-29(3)23-12-8-5-9-13-23)25-17-21-16-20(14-15-24(21)30-25)18-26-28(2)22-10-6-4-7-11-22/h4-18H,1-3H3. The molecule has 0 saturated carbocycles. The summed E-state index contributed by atoms with van der Waals surface area (Å²) in [5.41, 5.74) is 4.71. The number of fused-ring (bicyclic) bond motifs is 1. The van der Waals surface area contributed by atoms with Crippen LogP contribution in [-0.2, 0) is 0 Å². The number of para-hydroxylation sites is 2. The molecule has 0 aliphatic rings. The maximum atomic E-state index is 6.00. The maximum absolute atomic E-state index is 6.00. The molecule has 0 fully saturated rings. The second kappa shape index (κ2) is 8.66. The van der Waals surface area contributed by atoms with Gasteiger partial charge in [0.2, 0.25) is 0 Å². The first-order valence-electron chi connectivity index (χ1n) is 9.81. The number of hydrogen-bond acceptors (Lipinski definition) is 5. The van der Waals surface area contributed by atoms with Crippen LogP contribution in [0.3, 0.4) is 0 Å². The molecule has 0 unspecified atom stereocenters. The van der Waals surface area contributed by atoms with Gasteiger partial charge in [0, 0.05) is 19.5 Å². The van der Waals surface area contributed by atoms with Crippen LogP contribution in [0.4, 0.5) is 11.4 Å². The third-order valence-corrected chi connectivity index (χ3v) is 4.84. The van der Waals surface area contributed by atoms with E-state index in [0.29, 0.717) is 0 Å². The molecule has 0 amide bonds. The minimum absolute atomic E-state index is 0.753. The molecule has 5 heteroatoms. The molecule has 3 aromatic carbocycles. The summed E-state index contributed by atoms with van der Waals surface area (Å²) in [5, 5.41) is 13.9. The van der Waals surface area contributed by atoms with Gasteiger partial charge in [-0.25, -0.2) is 0 Å². The molecule has 4 aromatic rings. The molecule has 30 heavy (non-hydrogen) atoms. The third-order valence-electron chi connectivity index (χ3n) is 4.84. The zero-order valence-electron chi connectivity index (χ0n) is 17.4. The van der Waals surface area contributed by atoms with Crippen LogP contribution in [0.1, 0.15) is 18.2 Å². The molecule has 0 spiro atoms. The minimum atomic E-state index is 0.753. The molecule has 0 bridgehead atoms. The summed E-state index contributed by atoms with van der Waals surface area (Å²) in [6.07, 6.45) is 1.85. The Kier molecular flexibility index (Phi) is 5.61. The number of rotatable bonds is 6. The molecule has 0 aliphatic heterocycles. The predicted octanol–water partition coefficient (Wildman–Crippen LogP) is 5.76. The number of hydrogen-bond donors (Lipinski definition) is 0. The molecule has 150 valence electrons. The molecule has 0 aliphatic carbocycles. The van der Waals surface area contributed by atoms with Crippen LogP contribution in [0.15, 0.2) is 99.5 Å². The second-order valence-electron chi connectivity index (χ2n) is 7.06. The van der Waals surface area contributed by atoms with Crippen molar-refractivity contribution in [2.45, 2.75) is 6.92 Å². The van der Waals surface area contributed by atoms with E-state index in [9.17, 15) is 0 Å². The van der Waals surface area contributed by atoms with Crippen molar-refractivity contribution >= 4 is 34.3 Å². The first kappa shape index (κ1) is 19.5. The van der Waals surface area contributed by atoms with Gasteiger partial charge in [0.05, 0.1) is 17.6 Å². The quantitative estimate of drug-likeness (QED) is 0.307. The lowest BCUT2D eigenvalue weighted by atomic mass is 10.1. The SMILES string of the molecule is CC(=NN(C)c1ccccc1)c1cc2cc(C=NN(C)c3ccccc3)ccc2o1. The number of benzene rings is 3. The van der Waals surface area contributed by atoms with E-state index in [1.807, 2.05) is 116 Å². The van der Waals surface area contributed by atoms with Crippen molar-refractivity contribution in [3.63, 3.8) is 0 Å². The number of nitrogens with zero attached hydrogens (tertiary/aromatic N) is 4. The first-order valence-corrected chi connectivity index (χ1v) is 9.81. The van der Waals surface area contributed by atoms with E-state index in [0.717, 1.165) is 39.4 Å². The summed E-state index contributed by atoms with van der Waals surface area (Å²) in [7, 11) is 3.86. The molecular formula is C25H24N4O. The summed E-state index contributed by atoms with van der Waals surface area (Å²) >= 11 is 0. The van der Waals surface area contributed by atoms with Crippen molar-refractivity contribution in [1.29, 1.82) is 0 Å². The van der Waals surface area contributed by atoms with Crippen LogP contribution in [-0.4, -0.2) is 26.0 Å². The van der Waals surface area contributed by atoms with Crippen LogP contribution in [0.2, 0.25) is 0 Å². The van der Waals surface area contributed by atoms with Crippen molar-refractivity contribution < 1.29 is 4.42 Å². The largest absolute Gasteiger partial charge is 0.455 e. The average Bonchev–Trinajstić information content (AvgIpc) is 3.22. The molecule has 1 aromatic heterocycles. The number of hydrazone groups is 2. The second-order valence-corrected chi connectivity index (χ2v) is 7.06. The van der Waals surface area contributed by atoms with Gasteiger partial charge < -0.3 is 4.42 Å². The highest BCUT2D eigenvalue weighted by Crippen LogP contribution is 2.22. The van der Waals surface area contributed by atoms with Crippen molar-refractivity contribution in [1.82, 2.24) is 0 Å². The molecule has 1 heterocycles. The van der Waals surface area contributed by atoms with E-state index >= 15 is 0 Å². The van der Waals surface area contributed by atoms with Gasteiger partial charge in [-0.2, -0.15) is 10.2 Å². The summed E-state index contributed by atoms with van der Waals surface area (Å²) < 4.78 is 6.00. The average molecular weight is 396 g/mol. The van der Waals surface area contributed by atoms with Gasteiger partial charge in [-0.15, -0.1) is 0 Å². The molecule has 4 rings (SSSR count). The third kappa shape index (κ3) is 4.41. The Morgan fingerprint density at radius 2 is 1.43 bits per heavy atom. The maximum Gasteiger partial charge on any atom is 0.151 e. The van der Waals surface area contributed by atoms with Gasteiger partial charge in [0.15, 0.2) is 5.76 Å². The molecule has 0 atom stereocenters. The van der Waals surface area contributed by atoms with E-state index in [-0.39, 0.29) is 0 Å². The fourth-order valence-electron chi connectivity index (χ4n) is 3.16. The number of anilines is 2. The van der Waals surface area contributed by atoms with Gasteiger partial charge in [-0.3, -0.25) is 10.0 Å². The Morgan fingerprint density at radius 3 is 2.10 bits per heavy atom. The van der Waals surface area contributed by atoms with Crippen molar-refractivity contribution in [2.75, 3.05) is 24.1 Å². The lowest BCUT2D eigenvalue weighted by Gasteiger charge is -2.13. The van der Waals surface area contributed by atoms with E-state index in [4.69, 9.17) is 4.42 Å². The molecule has 0 radical (unpaired) electrons. The van der Waals surface area contributed by atoms with Gasteiger partial charge in [-0.05, 0) is 61.0 Å². The highest BCUT2D eigenvalue weighted by Gasteiger charge is 2.09. The van der Waals surface area contributed by atoms with Crippen molar-refractivity contribution in [3.8, 4) is 0 Å². The molecule has 0 N–H and O–H groups in total. The number of furan rings is 1. The van der Waals surface area contributed by atoms with Crippen LogP contribution in [0.5, 0.6) is 0 Å². The predicted molar refractivity (Wildman–Crippen MR) is 126 cm³/mol. The molecule has 5 nitrogen and oxygen atoms in total. The highest BCUT2D eigenvalue weighted by atomic mass is 16.3. The minimum Gasteiger partial charge on any atom is -0.455 e. The highest BCUT2D eigenvalue weighted by molar-refractivity contribution is 6.01. The van der Waals surface area contributed by atoms with Crippen molar-refractivity contribution in [3.05, 3.63) is 96.3 Å². The van der Waals surface area contributed by atoms with E-state index < -0.39 is 0 Å². The Morgan fingerprint density at radius 1 is 0.800 bits per heavy atom. The fraction of sp³-hybridized carbons (Fsp3) is 0.120. The van der Waals surface area contributed by atoms with E-state index in [1.54, 1.807) is 0 Å². The lowest BCUT2D eigenvalue weighted by molar-refractivity contribution is 0.603. The van der Waals surface area contributed by atoms with Gasteiger partial charge in [-0.1, -0.05) is 36.4 Å². The smallest absolute Gasteiger partial charge is 0.151 e. The molecular weight excluding hydrogens is 372 g/mol. The Bertz CT molecular complexity index is 1180. The summed E-state index contributed by atoms with van der Waals surface area (Å²) in [5.74, 6) is 0.753. The lowest BCUT2D eigenvalue weighted by Crippen LogP contribution is -2.11. The monoisotopic (exact) mass is 396 g/mol. The van der Waals surface area contributed by atoms with Gasteiger partial charge in [0.25, 0.3) is 0 Å². The van der Waals surface area contributed by atoms with E-state index in [1.165, 1.54) is 0 Å². The molecule has 0 saturated heterocycles. The van der Waals surface area contributed by atoms with Crippen LogP contribution in [0, 0.1) is 0 Å². The Balaban J connectivity index is 1.53. The van der Waals surface area contributed by atoms with Crippen LogP contribution >= 0.6 is 0 Å². The van der Waals surface area contributed by atoms with Crippen molar-refractivity contribution in [2.24, 2.45) is 10.2 Å². The summed E-state index contributed by atoms with van der Waals surface area (Å²) in [4.78, 5) is 0. The van der Waals surface area contributed by atoms with Gasteiger partial charge in [0.1, 0.15) is 11.3 Å². The van der Waals surface area contributed by atoms with Gasteiger partial charge >= 0.3 is 0 Å². The van der Waals surface area contributed by atoms with E-state index in [2.05, 4.69) is 16.3 Å². The summed E-state index contributed by atoms with van der Waals surface area (Å²) in [6, 6.07) is 28.1. The topological polar surface area (TPSA) is 44.3 Å². The zero-order chi connectivity index (χ0) is 20.9. The van der Waals surface area contributed by atoms with Crippen LogP contribution < -0.4 is 10.0 Å². The normalized spacial score (nSPS) is 11.9.